The fourth-order valence-corrected chi connectivity index (χ4v) is 1.75. The number of halogens is 3. The Labute approximate surface area is 136 Å². The van der Waals surface area contributed by atoms with E-state index in [-0.39, 0.29) is 11.3 Å². The first-order valence-electron chi connectivity index (χ1n) is 6.93. The molecule has 128 valence electrons. The zero-order valence-electron chi connectivity index (χ0n) is 12.7. The van der Waals surface area contributed by atoms with Gasteiger partial charge in [-0.2, -0.15) is 13.2 Å². The smallest absolute Gasteiger partial charge is 0.383 e. The Kier molecular flexibility index (Phi) is 5.69. The van der Waals surface area contributed by atoms with Crippen LogP contribution in [0.5, 0.6) is 0 Å². The van der Waals surface area contributed by atoms with Crippen LogP contribution in [0.4, 0.5) is 24.8 Å². The number of aromatic nitrogens is 2. The van der Waals surface area contributed by atoms with E-state index < -0.39 is 17.6 Å². The molecule has 0 aliphatic rings. The van der Waals surface area contributed by atoms with E-state index in [1.54, 1.807) is 7.11 Å². The van der Waals surface area contributed by atoms with Gasteiger partial charge in [0.1, 0.15) is 0 Å². The third kappa shape index (κ3) is 4.92. The van der Waals surface area contributed by atoms with E-state index in [4.69, 9.17) is 4.74 Å². The number of nitrogens with one attached hydrogen (secondary N) is 2. The topological polar surface area (TPSA) is 76.1 Å². The average molecular weight is 340 g/mol. The SMILES string of the molecule is COCCNc1ncc(C(=O)Nc2ccc(C(F)(F)F)cc2)cn1. The Hall–Kier alpha value is -2.68. The zero-order chi connectivity index (χ0) is 17.6. The predicted molar refractivity (Wildman–Crippen MR) is 81.8 cm³/mol. The minimum atomic E-state index is -4.41. The van der Waals surface area contributed by atoms with Crippen molar-refractivity contribution in [2.24, 2.45) is 0 Å². The number of hydrogen-bond donors (Lipinski definition) is 2. The molecule has 1 aromatic heterocycles. The maximum absolute atomic E-state index is 12.5. The molecule has 0 bridgehead atoms. The molecule has 6 nitrogen and oxygen atoms in total. The lowest BCUT2D eigenvalue weighted by Gasteiger charge is -2.09. The normalized spacial score (nSPS) is 11.2. The Balaban J connectivity index is 1.96. The lowest BCUT2D eigenvalue weighted by molar-refractivity contribution is -0.137. The van der Waals surface area contributed by atoms with Crippen molar-refractivity contribution in [3.8, 4) is 0 Å². The fourth-order valence-electron chi connectivity index (χ4n) is 1.75. The van der Waals surface area contributed by atoms with Gasteiger partial charge in [-0.05, 0) is 24.3 Å². The number of carbonyl (C=O) groups is 1. The van der Waals surface area contributed by atoms with Crippen molar-refractivity contribution in [1.29, 1.82) is 0 Å². The van der Waals surface area contributed by atoms with Crippen LogP contribution >= 0.6 is 0 Å². The summed E-state index contributed by atoms with van der Waals surface area (Å²) < 4.78 is 42.3. The van der Waals surface area contributed by atoms with Gasteiger partial charge < -0.3 is 15.4 Å². The highest BCUT2D eigenvalue weighted by atomic mass is 19.4. The van der Waals surface area contributed by atoms with Crippen molar-refractivity contribution < 1.29 is 22.7 Å². The summed E-state index contributed by atoms with van der Waals surface area (Å²) in [4.78, 5) is 20.0. The van der Waals surface area contributed by atoms with Crippen LogP contribution in [-0.2, 0) is 10.9 Å². The Morgan fingerprint density at radius 1 is 1.17 bits per heavy atom. The first-order chi connectivity index (χ1) is 11.4. The van der Waals surface area contributed by atoms with E-state index in [0.29, 0.717) is 19.1 Å². The number of ether oxygens (including phenoxy) is 1. The number of hydrogen-bond acceptors (Lipinski definition) is 5. The average Bonchev–Trinajstić information content (AvgIpc) is 2.55. The van der Waals surface area contributed by atoms with Crippen LogP contribution < -0.4 is 10.6 Å². The molecule has 2 rings (SSSR count). The third-order valence-electron chi connectivity index (χ3n) is 2.97. The van der Waals surface area contributed by atoms with Gasteiger partial charge in [-0.3, -0.25) is 4.79 Å². The molecule has 24 heavy (non-hydrogen) atoms. The third-order valence-corrected chi connectivity index (χ3v) is 2.97. The predicted octanol–water partition coefficient (Wildman–Crippen LogP) is 2.81. The minimum absolute atomic E-state index is 0.187. The summed E-state index contributed by atoms with van der Waals surface area (Å²) in [5, 5.41) is 5.38. The summed E-state index contributed by atoms with van der Waals surface area (Å²) in [6.07, 6.45) is -1.77. The number of rotatable bonds is 6. The molecule has 0 fully saturated rings. The number of anilines is 2. The maximum Gasteiger partial charge on any atom is 0.416 e. The molecule has 0 radical (unpaired) electrons. The van der Waals surface area contributed by atoms with Crippen LogP contribution in [0.3, 0.4) is 0 Å². The van der Waals surface area contributed by atoms with Crippen molar-refractivity contribution in [2.45, 2.75) is 6.18 Å². The molecule has 2 aromatic rings. The molecule has 0 aliphatic heterocycles. The molecule has 0 atom stereocenters. The Morgan fingerprint density at radius 3 is 2.33 bits per heavy atom. The van der Waals surface area contributed by atoms with Crippen molar-refractivity contribution in [2.75, 3.05) is 30.9 Å². The van der Waals surface area contributed by atoms with Crippen LogP contribution in [0, 0.1) is 0 Å². The van der Waals surface area contributed by atoms with Crippen molar-refractivity contribution >= 4 is 17.5 Å². The van der Waals surface area contributed by atoms with Crippen molar-refractivity contribution in [3.63, 3.8) is 0 Å². The molecule has 1 amide bonds. The molecule has 0 spiro atoms. The number of amides is 1. The summed E-state index contributed by atoms with van der Waals surface area (Å²) in [7, 11) is 1.57. The van der Waals surface area contributed by atoms with Gasteiger partial charge in [-0.25, -0.2) is 9.97 Å². The molecule has 1 aromatic carbocycles. The van der Waals surface area contributed by atoms with Crippen LogP contribution in [0.15, 0.2) is 36.7 Å². The molecule has 0 unspecified atom stereocenters. The van der Waals surface area contributed by atoms with Crippen LogP contribution in [0.1, 0.15) is 15.9 Å². The highest BCUT2D eigenvalue weighted by molar-refractivity contribution is 6.03. The van der Waals surface area contributed by atoms with E-state index in [1.165, 1.54) is 24.5 Å². The summed E-state index contributed by atoms with van der Waals surface area (Å²) in [5.41, 5.74) is -0.349. The van der Waals surface area contributed by atoms with Gasteiger partial charge in [0.15, 0.2) is 0 Å². The van der Waals surface area contributed by atoms with Gasteiger partial charge in [0.2, 0.25) is 5.95 Å². The molecule has 1 heterocycles. The number of alkyl halides is 3. The molecule has 9 heteroatoms. The lowest BCUT2D eigenvalue weighted by Crippen LogP contribution is -2.15. The quantitative estimate of drug-likeness (QED) is 0.791. The monoisotopic (exact) mass is 340 g/mol. The van der Waals surface area contributed by atoms with E-state index in [0.717, 1.165) is 12.1 Å². The first-order valence-corrected chi connectivity index (χ1v) is 6.93. The minimum Gasteiger partial charge on any atom is -0.383 e. The number of methoxy groups -OCH3 is 1. The van der Waals surface area contributed by atoms with E-state index in [1.807, 2.05) is 0 Å². The number of nitrogens with zero attached hydrogens (tertiary/aromatic N) is 2. The Bertz CT molecular complexity index is 673. The van der Waals surface area contributed by atoms with Gasteiger partial charge in [0.25, 0.3) is 5.91 Å². The van der Waals surface area contributed by atoms with Gasteiger partial charge in [-0.1, -0.05) is 0 Å². The molecular weight excluding hydrogens is 325 g/mol. The summed E-state index contributed by atoms with van der Waals surface area (Å²) in [6.45, 7) is 1.01. The van der Waals surface area contributed by atoms with Crippen LogP contribution in [0.2, 0.25) is 0 Å². The molecule has 0 saturated heterocycles. The van der Waals surface area contributed by atoms with Crippen molar-refractivity contribution in [1.82, 2.24) is 9.97 Å². The second-order valence-corrected chi connectivity index (χ2v) is 4.74. The summed E-state index contributed by atoms with van der Waals surface area (Å²) in [6, 6.07) is 4.16. The Morgan fingerprint density at radius 2 is 1.79 bits per heavy atom. The second-order valence-electron chi connectivity index (χ2n) is 4.74. The van der Waals surface area contributed by atoms with Crippen LogP contribution in [-0.4, -0.2) is 36.1 Å². The van der Waals surface area contributed by atoms with Crippen LogP contribution in [0.25, 0.3) is 0 Å². The molecule has 0 saturated carbocycles. The highest BCUT2D eigenvalue weighted by Crippen LogP contribution is 2.29. The van der Waals surface area contributed by atoms with Gasteiger partial charge >= 0.3 is 6.18 Å². The number of carbonyl (C=O) groups excluding carboxylic acids is 1. The molecule has 2 N–H and O–H groups in total. The fraction of sp³-hybridized carbons (Fsp3) is 0.267. The summed E-state index contributed by atoms with van der Waals surface area (Å²) in [5.74, 6) is -0.170. The van der Waals surface area contributed by atoms with E-state index >= 15 is 0 Å². The second kappa shape index (κ2) is 7.73. The zero-order valence-corrected chi connectivity index (χ0v) is 12.7. The van der Waals surface area contributed by atoms with Gasteiger partial charge in [0.05, 0.1) is 17.7 Å². The summed E-state index contributed by atoms with van der Waals surface area (Å²) >= 11 is 0. The highest BCUT2D eigenvalue weighted by Gasteiger charge is 2.29. The largest absolute Gasteiger partial charge is 0.416 e. The lowest BCUT2D eigenvalue weighted by atomic mass is 10.2. The van der Waals surface area contributed by atoms with E-state index in [2.05, 4.69) is 20.6 Å². The van der Waals surface area contributed by atoms with E-state index in [9.17, 15) is 18.0 Å². The maximum atomic E-state index is 12.5. The van der Waals surface area contributed by atoms with Crippen molar-refractivity contribution in [3.05, 3.63) is 47.8 Å². The first kappa shape index (κ1) is 17.7. The van der Waals surface area contributed by atoms with Gasteiger partial charge in [-0.15, -0.1) is 0 Å². The van der Waals surface area contributed by atoms with Gasteiger partial charge in [0, 0.05) is 31.7 Å². The number of benzene rings is 1. The molecular formula is C15H15F3N4O2. The molecule has 0 aliphatic carbocycles. The standard InChI is InChI=1S/C15H15F3N4O2/c1-24-7-6-19-14-20-8-10(9-21-14)13(23)22-12-4-2-11(3-5-12)15(16,17)18/h2-5,8-9H,6-7H2,1H3,(H,22,23)(H,19,20,21).